The van der Waals surface area contributed by atoms with E-state index in [4.69, 9.17) is 9.47 Å². The number of aryl methyl sites for hydroxylation is 1. The van der Waals surface area contributed by atoms with Gasteiger partial charge >= 0.3 is 0 Å². The fourth-order valence-electron chi connectivity index (χ4n) is 3.87. The molecule has 1 aromatic heterocycles. The molecular formula is C18H22N4O4S. The summed E-state index contributed by atoms with van der Waals surface area (Å²) in [5.41, 5.74) is 0.893. The predicted octanol–water partition coefficient (Wildman–Crippen LogP) is 1.45. The smallest absolute Gasteiger partial charge is 0.247 e. The summed E-state index contributed by atoms with van der Waals surface area (Å²) in [6, 6.07) is 6.59. The summed E-state index contributed by atoms with van der Waals surface area (Å²) in [4.78, 5) is 10.7. The molecule has 5 rings (SSSR count). The number of ether oxygens (including phenoxy) is 2. The van der Waals surface area contributed by atoms with E-state index >= 15 is 0 Å². The normalized spacial score (nSPS) is 22.3. The van der Waals surface area contributed by atoms with Crippen molar-refractivity contribution in [2.45, 2.75) is 30.3 Å². The SMILES string of the molecule is COc1ccc(OC)c(S(=O)(=O)N2C3CC2CN(c2cc(C)ncn2)C3)c1. The molecule has 3 saturated heterocycles. The maximum Gasteiger partial charge on any atom is 0.247 e. The maximum atomic E-state index is 13.3. The summed E-state index contributed by atoms with van der Waals surface area (Å²) in [5, 5.41) is 0. The molecule has 2 atom stereocenters. The number of hydrogen-bond donors (Lipinski definition) is 0. The first-order chi connectivity index (χ1) is 12.9. The molecule has 3 aliphatic rings. The van der Waals surface area contributed by atoms with Crippen molar-refractivity contribution >= 4 is 15.8 Å². The number of piperidine rings is 1. The van der Waals surface area contributed by atoms with Gasteiger partial charge in [-0.15, -0.1) is 0 Å². The Morgan fingerprint density at radius 3 is 2.44 bits per heavy atom. The van der Waals surface area contributed by atoms with Crippen molar-refractivity contribution in [2.75, 3.05) is 32.2 Å². The topological polar surface area (TPSA) is 84.9 Å². The number of aromatic nitrogens is 2. The third-order valence-corrected chi connectivity index (χ3v) is 7.19. The van der Waals surface area contributed by atoms with E-state index in [0.717, 1.165) is 17.9 Å². The van der Waals surface area contributed by atoms with E-state index in [-0.39, 0.29) is 17.0 Å². The van der Waals surface area contributed by atoms with Crippen molar-refractivity contribution in [1.29, 1.82) is 0 Å². The zero-order chi connectivity index (χ0) is 19.2. The summed E-state index contributed by atoms with van der Waals surface area (Å²) >= 11 is 0. The Morgan fingerprint density at radius 1 is 1.07 bits per heavy atom. The summed E-state index contributed by atoms with van der Waals surface area (Å²) in [6.07, 6.45) is 2.40. The minimum atomic E-state index is -3.68. The fourth-order valence-corrected chi connectivity index (χ4v) is 5.86. The van der Waals surface area contributed by atoms with Gasteiger partial charge in [-0.2, -0.15) is 4.31 Å². The summed E-state index contributed by atoms with van der Waals surface area (Å²) in [7, 11) is -0.700. The van der Waals surface area contributed by atoms with Crippen molar-refractivity contribution in [3.63, 3.8) is 0 Å². The highest BCUT2D eigenvalue weighted by molar-refractivity contribution is 7.89. The van der Waals surface area contributed by atoms with Gasteiger partial charge in [0, 0.05) is 43.0 Å². The molecule has 0 aliphatic carbocycles. The molecule has 3 aliphatic heterocycles. The second-order valence-electron chi connectivity index (χ2n) is 6.82. The number of rotatable bonds is 5. The van der Waals surface area contributed by atoms with Gasteiger partial charge in [0.15, 0.2) is 0 Å². The first-order valence-corrected chi connectivity index (χ1v) is 10.2. The number of piperazine rings is 1. The molecule has 8 nitrogen and oxygen atoms in total. The molecule has 1 aromatic carbocycles. The molecular weight excluding hydrogens is 368 g/mol. The van der Waals surface area contributed by atoms with Gasteiger partial charge in [-0.1, -0.05) is 0 Å². The Kier molecular flexibility index (Phi) is 4.43. The lowest BCUT2D eigenvalue weighted by Gasteiger charge is -2.55. The zero-order valence-corrected chi connectivity index (χ0v) is 16.3. The monoisotopic (exact) mass is 390 g/mol. The van der Waals surface area contributed by atoms with E-state index in [1.54, 1.807) is 22.8 Å². The largest absolute Gasteiger partial charge is 0.497 e. The van der Waals surface area contributed by atoms with Crippen LogP contribution in [0.2, 0.25) is 0 Å². The Labute approximate surface area is 158 Å². The summed E-state index contributed by atoms with van der Waals surface area (Å²) in [5.74, 6) is 1.65. The highest BCUT2D eigenvalue weighted by atomic mass is 32.2. The van der Waals surface area contributed by atoms with Gasteiger partial charge in [0.25, 0.3) is 0 Å². The number of nitrogens with zero attached hydrogens (tertiary/aromatic N) is 4. The van der Waals surface area contributed by atoms with Crippen LogP contribution in [-0.4, -0.2) is 62.1 Å². The number of benzene rings is 1. The zero-order valence-electron chi connectivity index (χ0n) is 15.5. The van der Waals surface area contributed by atoms with E-state index in [1.165, 1.54) is 20.3 Å². The summed E-state index contributed by atoms with van der Waals surface area (Å²) < 4.78 is 38.7. The number of fused-ring (bicyclic) bond motifs is 2. The highest BCUT2D eigenvalue weighted by Gasteiger charge is 2.52. The van der Waals surface area contributed by atoms with Crippen LogP contribution in [0.25, 0.3) is 0 Å². The fraction of sp³-hybridized carbons (Fsp3) is 0.444. The molecule has 4 heterocycles. The Balaban J connectivity index is 1.61. The molecule has 0 spiro atoms. The van der Waals surface area contributed by atoms with Gasteiger partial charge in [0.05, 0.1) is 14.2 Å². The van der Waals surface area contributed by atoms with Crippen molar-refractivity contribution in [3.8, 4) is 11.5 Å². The van der Waals surface area contributed by atoms with Crippen molar-refractivity contribution in [1.82, 2.24) is 14.3 Å². The van der Waals surface area contributed by atoms with E-state index in [1.807, 2.05) is 13.0 Å². The Hall–Kier alpha value is -2.39. The third-order valence-electron chi connectivity index (χ3n) is 5.17. The molecule has 3 fully saturated rings. The molecule has 0 saturated carbocycles. The third kappa shape index (κ3) is 3.00. The standard InChI is InChI=1S/C18H22N4O4S/c1-12-6-18(20-11-19-12)21-9-13-7-14(10-21)22(13)27(23,24)17-8-15(25-2)4-5-16(17)26-3/h4-6,8,11,13-14H,7,9-10H2,1-3H3. The van der Waals surface area contributed by atoms with Crippen LogP contribution in [-0.2, 0) is 10.0 Å². The molecule has 2 bridgehead atoms. The van der Waals surface area contributed by atoms with Crippen LogP contribution in [0.1, 0.15) is 12.1 Å². The second kappa shape index (κ2) is 6.65. The lowest BCUT2D eigenvalue weighted by atomic mass is 9.91. The van der Waals surface area contributed by atoms with E-state index in [9.17, 15) is 8.42 Å². The lowest BCUT2D eigenvalue weighted by Crippen LogP contribution is -2.70. The molecule has 0 radical (unpaired) electrons. The average Bonchev–Trinajstić information content (AvgIpc) is 2.67. The molecule has 27 heavy (non-hydrogen) atoms. The van der Waals surface area contributed by atoms with Crippen molar-refractivity contribution < 1.29 is 17.9 Å². The highest BCUT2D eigenvalue weighted by Crippen LogP contribution is 2.41. The Morgan fingerprint density at radius 2 is 1.81 bits per heavy atom. The number of methoxy groups -OCH3 is 2. The van der Waals surface area contributed by atoms with Crippen LogP contribution >= 0.6 is 0 Å². The molecule has 2 aromatic rings. The molecule has 0 N–H and O–H groups in total. The van der Waals surface area contributed by atoms with Crippen molar-refractivity contribution in [3.05, 3.63) is 36.3 Å². The van der Waals surface area contributed by atoms with Gasteiger partial charge in [-0.3, -0.25) is 0 Å². The average molecular weight is 390 g/mol. The number of anilines is 1. The molecule has 2 unspecified atom stereocenters. The van der Waals surface area contributed by atoms with Crippen LogP contribution in [0, 0.1) is 6.92 Å². The minimum absolute atomic E-state index is 0.0834. The van der Waals surface area contributed by atoms with Gasteiger partial charge in [0.1, 0.15) is 28.5 Å². The second-order valence-corrected chi connectivity index (χ2v) is 8.63. The quantitative estimate of drug-likeness (QED) is 0.764. The summed E-state index contributed by atoms with van der Waals surface area (Å²) in [6.45, 7) is 3.14. The molecule has 0 amide bonds. The molecule has 144 valence electrons. The van der Waals surface area contributed by atoms with E-state index in [0.29, 0.717) is 24.6 Å². The van der Waals surface area contributed by atoms with Crippen LogP contribution in [0.15, 0.2) is 35.5 Å². The van der Waals surface area contributed by atoms with Gasteiger partial charge < -0.3 is 14.4 Å². The number of hydrogen-bond acceptors (Lipinski definition) is 7. The predicted molar refractivity (Wildman–Crippen MR) is 99.7 cm³/mol. The van der Waals surface area contributed by atoms with Crippen LogP contribution in [0.4, 0.5) is 5.82 Å². The maximum absolute atomic E-state index is 13.3. The van der Waals surface area contributed by atoms with Crippen molar-refractivity contribution in [2.24, 2.45) is 0 Å². The lowest BCUT2D eigenvalue weighted by molar-refractivity contribution is 0.0872. The van der Waals surface area contributed by atoms with Crippen LogP contribution < -0.4 is 14.4 Å². The van der Waals surface area contributed by atoms with Crippen LogP contribution in [0.3, 0.4) is 0 Å². The van der Waals surface area contributed by atoms with E-state index < -0.39 is 10.0 Å². The Bertz CT molecular complexity index is 954. The molecule has 9 heteroatoms. The van der Waals surface area contributed by atoms with Gasteiger partial charge in [-0.05, 0) is 25.5 Å². The van der Waals surface area contributed by atoms with E-state index in [2.05, 4.69) is 14.9 Å². The van der Waals surface area contributed by atoms with Gasteiger partial charge in [-0.25, -0.2) is 18.4 Å². The van der Waals surface area contributed by atoms with Crippen LogP contribution in [0.5, 0.6) is 11.5 Å². The first kappa shape index (κ1) is 18.0. The number of sulfonamides is 1. The minimum Gasteiger partial charge on any atom is -0.497 e. The first-order valence-electron chi connectivity index (χ1n) is 8.73. The van der Waals surface area contributed by atoms with Gasteiger partial charge in [0.2, 0.25) is 10.0 Å².